The van der Waals surface area contributed by atoms with Crippen LogP contribution >= 0.6 is 0 Å². The Hall–Kier alpha value is -2.17. The number of aromatic nitrogens is 2. The molecule has 4 rings (SSSR count). The Morgan fingerprint density at radius 2 is 1.89 bits per heavy atom. The molecule has 1 aromatic heterocycles. The molecule has 2 fully saturated rings. The Morgan fingerprint density at radius 3 is 2.46 bits per heavy atom. The van der Waals surface area contributed by atoms with E-state index in [-0.39, 0.29) is 23.8 Å². The number of aryl methyl sites for hydroxylation is 2. The molecule has 0 radical (unpaired) electrons. The maximum absolute atomic E-state index is 13.7. The number of carbonyl (C=O) groups excluding carboxylic acids is 1. The van der Waals surface area contributed by atoms with Crippen molar-refractivity contribution in [3.05, 3.63) is 52.6 Å². The van der Waals surface area contributed by atoms with E-state index in [0.717, 1.165) is 37.1 Å². The molecule has 1 unspecified atom stereocenters. The second kappa shape index (κ2) is 7.34. The van der Waals surface area contributed by atoms with Crippen molar-refractivity contribution in [2.45, 2.75) is 83.8 Å². The molecule has 2 bridgehead atoms. The molecular formula is C23H30FN3O. The van der Waals surface area contributed by atoms with E-state index in [1.54, 1.807) is 6.07 Å². The fraction of sp³-hybridized carbons (Fsp3) is 0.565. The van der Waals surface area contributed by atoms with E-state index in [0.29, 0.717) is 23.9 Å². The van der Waals surface area contributed by atoms with Gasteiger partial charge in [-0.05, 0) is 74.6 Å². The molecule has 2 aliphatic heterocycles. The topological polar surface area (TPSA) is 38.1 Å². The Morgan fingerprint density at radius 1 is 1.21 bits per heavy atom. The van der Waals surface area contributed by atoms with Crippen LogP contribution in [0.1, 0.15) is 85.6 Å². The van der Waals surface area contributed by atoms with E-state index >= 15 is 0 Å². The molecule has 2 aliphatic rings. The number of hydrogen-bond acceptors (Lipinski definition) is 2. The third-order valence-corrected chi connectivity index (χ3v) is 6.53. The summed E-state index contributed by atoms with van der Waals surface area (Å²) < 4.78 is 15.5. The van der Waals surface area contributed by atoms with Crippen LogP contribution in [-0.2, 0) is 6.54 Å². The monoisotopic (exact) mass is 383 g/mol. The van der Waals surface area contributed by atoms with Crippen LogP contribution in [0.15, 0.2) is 24.3 Å². The summed E-state index contributed by atoms with van der Waals surface area (Å²) in [6, 6.07) is 8.00. The summed E-state index contributed by atoms with van der Waals surface area (Å²) in [5.41, 5.74) is 3.62. The van der Waals surface area contributed by atoms with Gasteiger partial charge in [-0.3, -0.25) is 9.48 Å². The fourth-order valence-electron chi connectivity index (χ4n) is 4.97. The number of carbonyl (C=O) groups is 1. The molecule has 150 valence electrons. The Labute approximate surface area is 166 Å². The lowest BCUT2D eigenvalue weighted by Crippen LogP contribution is -2.46. The predicted molar refractivity (Wildman–Crippen MR) is 108 cm³/mol. The van der Waals surface area contributed by atoms with Gasteiger partial charge in [-0.25, -0.2) is 4.39 Å². The van der Waals surface area contributed by atoms with Crippen LogP contribution in [0.2, 0.25) is 0 Å². The van der Waals surface area contributed by atoms with Gasteiger partial charge in [0.1, 0.15) is 11.5 Å². The summed E-state index contributed by atoms with van der Waals surface area (Å²) in [5.74, 6) is 0.697. The molecule has 3 heterocycles. The van der Waals surface area contributed by atoms with Gasteiger partial charge in [0.05, 0.1) is 5.69 Å². The van der Waals surface area contributed by atoms with E-state index in [1.807, 2.05) is 36.7 Å². The van der Waals surface area contributed by atoms with Gasteiger partial charge in [0.25, 0.3) is 5.91 Å². The zero-order chi connectivity index (χ0) is 20.0. The first kappa shape index (κ1) is 19.2. The zero-order valence-electron chi connectivity index (χ0n) is 17.3. The first-order valence-electron chi connectivity index (χ1n) is 10.6. The maximum Gasteiger partial charge on any atom is 0.272 e. The molecule has 0 aliphatic carbocycles. The molecule has 1 amide bonds. The molecule has 5 heteroatoms. The van der Waals surface area contributed by atoms with Gasteiger partial charge >= 0.3 is 0 Å². The van der Waals surface area contributed by atoms with Crippen molar-refractivity contribution in [3.63, 3.8) is 0 Å². The second-order valence-corrected chi connectivity index (χ2v) is 8.70. The summed E-state index contributed by atoms with van der Waals surface area (Å²) >= 11 is 0. The van der Waals surface area contributed by atoms with Crippen LogP contribution in [-0.4, -0.2) is 32.7 Å². The van der Waals surface area contributed by atoms with E-state index in [1.165, 1.54) is 5.56 Å². The maximum atomic E-state index is 13.7. The van der Waals surface area contributed by atoms with Crippen LogP contribution in [0.3, 0.4) is 0 Å². The van der Waals surface area contributed by atoms with Crippen LogP contribution in [0, 0.1) is 12.7 Å². The highest BCUT2D eigenvalue weighted by molar-refractivity contribution is 5.93. The van der Waals surface area contributed by atoms with Crippen LogP contribution in [0.4, 0.5) is 4.39 Å². The lowest BCUT2D eigenvalue weighted by atomic mass is 9.84. The van der Waals surface area contributed by atoms with E-state index in [4.69, 9.17) is 0 Å². The van der Waals surface area contributed by atoms with Crippen molar-refractivity contribution in [2.24, 2.45) is 0 Å². The van der Waals surface area contributed by atoms with Crippen LogP contribution in [0.5, 0.6) is 0 Å². The minimum absolute atomic E-state index is 0.127. The van der Waals surface area contributed by atoms with Crippen molar-refractivity contribution in [2.75, 3.05) is 0 Å². The normalized spacial score (nSPS) is 24.2. The zero-order valence-corrected chi connectivity index (χ0v) is 17.3. The molecule has 28 heavy (non-hydrogen) atoms. The smallest absolute Gasteiger partial charge is 0.272 e. The van der Waals surface area contributed by atoms with Crippen molar-refractivity contribution in [1.29, 1.82) is 0 Å². The number of rotatable bonds is 4. The third-order valence-electron chi connectivity index (χ3n) is 6.53. The Kier molecular flexibility index (Phi) is 5.02. The number of amides is 1. The number of benzene rings is 1. The van der Waals surface area contributed by atoms with Gasteiger partial charge in [0.2, 0.25) is 0 Å². The first-order valence-corrected chi connectivity index (χ1v) is 10.6. The summed E-state index contributed by atoms with van der Waals surface area (Å²) in [6.45, 7) is 8.78. The van der Waals surface area contributed by atoms with Gasteiger partial charge in [-0.1, -0.05) is 26.0 Å². The van der Waals surface area contributed by atoms with Crippen molar-refractivity contribution >= 4 is 5.91 Å². The van der Waals surface area contributed by atoms with Gasteiger partial charge in [0, 0.05) is 18.6 Å². The van der Waals surface area contributed by atoms with Crippen molar-refractivity contribution in [3.8, 4) is 0 Å². The number of hydrogen-bond donors (Lipinski definition) is 0. The number of halogens is 1. The Bertz CT molecular complexity index is 874. The SMILES string of the molecule is CCn1nc(C(C)C)cc1C(=O)N1[C@@H]2CC[C@H]1CC(c1ccc(F)c(C)c1)C2. The minimum Gasteiger partial charge on any atom is -0.331 e. The second-order valence-electron chi connectivity index (χ2n) is 8.70. The standard InChI is InChI=1S/C23H30FN3O/c1-5-26-22(13-21(25-26)14(2)3)23(28)27-18-7-8-19(27)12-17(11-18)16-6-9-20(24)15(4)10-16/h6,9-10,13-14,17-19H,5,7-8,11-12H2,1-4H3/t17?,18-,19+. The molecule has 0 spiro atoms. The molecular weight excluding hydrogens is 353 g/mol. The average molecular weight is 384 g/mol. The molecule has 0 saturated carbocycles. The molecule has 2 saturated heterocycles. The largest absolute Gasteiger partial charge is 0.331 e. The predicted octanol–water partition coefficient (Wildman–Crippen LogP) is 5.02. The number of nitrogens with zero attached hydrogens (tertiary/aromatic N) is 3. The van der Waals surface area contributed by atoms with Crippen LogP contribution in [0.25, 0.3) is 0 Å². The highest BCUT2D eigenvalue weighted by Gasteiger charge is 2.44. The summed E-state index contributed by atoms with van der Waals surface area (Å²) in [5, 5.41) is 4.63. The van der Waals surface area contributed by atoms with E-state index < -0.39 is 0 Å². The minimum atomic E-state index is -0.145. The van der Waals surface area contributed by atoms with Gasteiger partial charge in [0.15, 0.2) is 0 Å². The molecule has 4 nitrogen and oxygen atoms in total. The van der Waals surface area contributed by atoms with Crippen LogP contribution < -0.4 is 0 Å². The number of piperidine rings is 1. The Balaban J connectivity index is 1.57. The quantitative estimate of drug-likeness (QED) is 0.743. The van der Waals surface area contributed by atoms with Crippen molar-refractivity contribution < 1.29 is 9.18 Å². The summed E-state index contributed by atoms with van der Waals surface area (Å²) in [7, 11) is 0. The number of fused-ring (bicyclic) bond motifs is 2. The molecule has 0 N–H and O–H groups in total. The highest BCUT2D eigenvalue weighted by atomic mass is 19.1. The summed E-state index contributed by atoms with van der Waals surface area (Å²) in [6.07, 6.45) is 4.05. The lowest BCUT2D eigenvalue weighted by Gasteiger charge is -2.39. The molecule has 1 aromatic carbocycles. The third kappa shape index (κ3) is 3.25. The fourth-order valence-corrected chi connectivity index (χ4v) is 4.97. The molecule has 2 aromatic rings. The van der Waals surface area contributed by atoms with Crippen molar-refractivity contribution in [1.82, 2.24) is 14.7 Å². The van der Waals surface area contributed by atoms with Gasteiger partial charge in [-0.15, -0.1) is 0 Å². The van der Waals surface area contributed by atoms with Gasteiger partial charge < -0.3 is 4.90 Å². The lowest BCUT2D eigenvalue weighted by molar-refractivity contribution is 0.0558. The molecule has 3 atom stereocenters. The van der Waals surface area contributed by atoms with E-state index in [9.17, 15) is 9.18 Å². The average Bonchev–Trinajstić information content (AvgIpc) is 3.22. The first-order chi connectivity index (χ1) is 13.4. The van der Waals surface area contributed by atoms with E-state index in [2.05, 4.69) is 23.8 Å². The summed E-state index contributed by atoms with van der Waals surface area (Å²) in [4.78, 5) is 15.6. The highest BCUT2D eigenvalue weighted by Crippen LogP contribution is 2.44. The van der Waals surface area contributed by atoms with Gasteiger partial charge in [-0.2, -0.15) is 5.10 Å².